The minimum Gasteiger partial charge on any atom is -0.364 e. The molecule has 7 heteroatoms. The molecule has 0 radical (unpaired) electrons. The number of likely N-dealkylation sites (tertiary alicyclic amines) is 1. The Kier molecular flexibility index (Phi) is 7.59. The number of piperidine rings is 1. The predicted molar refractivity (Wildman–Crippen MR) is 124 cm³/mol. The second-order valence-corrected chi connectivity index (χ2v) is 8.89. The van der Waals surface area contributed by atoms with Crippen LogP contribution in [0, 0.1) is 12.8 Å². The van der Waals surface area contributed by atoms with Crippen LogP contribution in [0.2, 0.25) is 0 Å². The zero-order valence-corrected chi connectivity index (χ0v) is 19.0. The van der Waals surface area contributed by atoms with Gasteiger partial charge in [-0.1, -0.05) is 35.0 Å². The van der Waals surface area contributed by atoms with Crippen LogP contribution in [-0.4, -0.2) is 78.7 Å². The van der Waals surface area contributed by atoms with E-state index in [1.807, 2.05) is 13.1 Å². The third-order valence-electron chi connectivity index (χ3n) is 6.54. The molecule has 0 aliphatic carbocycles. The maximum atomic E-state index is 4.94. The highest BCUT2D eigenvalue weighted by Crippen LogP contribution is 2.19. The van der Waals surface area contributed by atoms with Gasteiger partial charge in [0.2, 0.25) is 0 Å². The first-order valence-corrected chi connectivity index (χ1v) is 11.5. The Hall–Kier alpha value is -2.38. The van der Waals surface area contributed by atoms with Crippen molar-refractivity contribution in [3.8, 4) is 0 Å². The fraction of sp³-hybridized carbons (Fsp3) is 0.583. The fourth-order valence-corrected chi connectivity index (χ4v) is 4.53. The molecule has 7 nitrogen and oxygen atoms in total. The molecular weight excluding hydrogens is 388 g/mol. The summed E-state index contributed by atoms with van der Waals surface area (Å²) in [5.74, 6) is 1.77. The zero-order chi connectivity index (χ0) is 21.5. The first-order valence-electron chi connectivity index (χ1n) is 11.5. The molecule has 0 amide bonds. The van der Waals surface area contributed by atoms with E-state index in [2.05, 4.69) is 61.4 Å². The van der Waals surface area contributed by atoms with E-state index in [1.54, 1.807) is 6.26 Å². The summed E-state index contributed by atoms with van der Waals surface area (Å²) < 4.78 is 4.94. The molecule has 2 fully saturated rings. The Bertz CT molecular complexity index is 803. The number of aliphatic imine (C=N–C) groups is 1. The smallest absolute Gasteiger partial charge is 0.193 e. The molecule has 1 N–H and O–H groups in total. The van der Waals surface area contributed by atoms with Crippen LogP contribution in [0.1, 0.15) is 29.7 Å². The highest BCUT2D eigenvalue weighted by Gasteiger charge is 2.23. The van der Waals surface area contributed by atoms with E-state index < -0.39 is 0 Å². The van der Waals surface area contributed by atoms with Gasteiger partial charge < -0.3 is 14.7 Å². The number of benzene rings is 1. The minimum atomic E-state index is 0.722. The molecule has 2 aliphatic rings. The van der Waals surface area contributed by atoms with Crippen LogP contribution in [0.15, 0.2) is 46.1 Å². The molecular formula is C24H36N6O. The van der Waals surface area contributed by atoms with Crippen molar-refractivity contribution in [3.05, 3.63) is 53.4 Å². The summed E-state index contributed by atoms with van der Waals surface area (Å²) in [6.07, 6.45) is 4.15. The highest BCUT2D eigenvalue weighted by molar-refractivity contribution is 5.80. The number of rotatable bonds is 6. The van der Waals surface area contributed by atoms with E-state index in [0.717, 1.165) is 63.4 Å². The van der Waals surface area contributed by atoms with Gasteiger partial charge in [0.05, 0.1) is 5.69 Å². The number of piperazine rings is 1. The second-order valence-electron chi connectivity index (χ2n) is 8.89. The molecule has 0 unspecified atom stereocenters. The third-order valence-corrected chi connectivity index (χ3v) is 6.54. The molecule has 2 saturated heterocycles. The summed E-state index contributed by atoms with van der Waals surface area (Å²) >= 11 is 0. The monoisotopic (exact) mass is 424 g/mol. The number of hydrogen-bond acceptors (Lipinski definition) is 5. The van der Waals surface area contributed by atoms with Crippen molar-refractivity contribution in [3.63, 3.8) is 0 Å². The number of guanidine groups is 1. The van der Waals surface area contributed by atoms with Crippen LogP contribution >= 0.6 is 0 Å². The minimum absolute atomic E-state index is 0.722. The van der Waals surface area contributed by atoms with Crippen LogP contribution < -0.4 is 5.32 Å². The van der Waals surface area contributed by atoms with E-state index in [0.29, 0.717) is 0 Å². The van der Waals surface area contributed by atoms with E-state index in [1.165, 1.54) is 37.1 Å². The lowest BCUT2D eigenvalue weighted by molar-refractivity contribution is 0.164. The van der Waals surface area contributed by atoms with Gasteiger partial charge in [0.1, 0.15) is 6.26 Å². The van der Waals surface area contributed by atoms with Gasteiger partial charge in [-0.2, -0.15) is 0 Å². The maximum absolute atomic E-state index is 4.94. The summed E-state index contributed by atoms with van der Waals surface area (Å²) in [6.45, 7) is 11.5. The van der Waals surface area contributed by atoms with Crippen molar-refractivity contribution in [1.29, 1.82) is 0 Å². The van der Waals surface area contributed by atoms with E-state index >= 15 is 0 Å². The van der Waals surface area contributed by atoms with Crippen molar-refractivity contribution >= 4 is 5.96 Å². The summed E-state index contributed by atoms with van der Waals surface area (Å²) in [6, 6.07) is 10.9. The van der Waals surface area contributed by atoms with Crippen molar-refractivity contribution in [2.75, 3.05) is 52.9 Å². The van der Waals surface area contributed by atoms with Gasteiger partial charge in [0.15, 0.2) is 5.96 Å². The highest BCUT2D eigenvalue weighted by atomic mass is 16.5. The van der Waals surface area contributed by atoms with Crippen molar-refractivity contribution < 1.29 is 4.52 Å². The Morgan fingerprint density at radius 3 is 2.35 bits per heavy atom. The normalized spacial score (nSPS) is 19.7. The molecule has 0 bridgehead atoms. The Morgan fingerprint density at radius 1 is 1.00 bits per heavy atom. The molecule has 168 valence electrons. The quantitative estimate of drug-likeness (QED) is 0.568. The average Bonchev–Trinajstić information content (AvgIpc) is 3.31. The number of nitrogens with one attached hydrogen (secondary N) is 1. The van der Waals surface area contributed by atoms with Crippen LogP contribution in [-0.2, 0) is 13.1 Å². The molecule has 0 spiro atoms. The molecule has 1 aromatic heterocycles. The zero-order valence-electron chi connectivity index (χ0n) is 19.0. The number of aromatic nitrogens is 1. The Labute approximate surface area is 186 Å². The molecule has 2 aromatic rings. The standard InChI is InChI=1S/C24H36N6O/c1-20-3-5-22(6-4-20)18-28-10-7-21(8-11-28)17-26-24(25-2)30-14-12-29(13-15-30)19-23-9-16-31-27-23/h3-6,9,16,21H,7-8,10-15,17-19H2,1-2H3,(H,25,26). The second kappa shape index (κ2) is 10.8. The molecule has 0 saturated carbocycles. The van der Waals surface area contributed by atoms with Gasteiger partial charge in [0, 0.05) is 58.9 Å². The summed E-state index contributed by atoms with van der Waals surface area (Å²) in [5.41, 5.74) is 3.76. The summed E-state index contributed by atoms with van der Waals surface area (Å²) in [4.78, 5) is 11.9. The van der Waals surface area contributed by atoms with Gasteiger partial charge in [-0.05, 0) is 44.3 Å². The summed E-state index contributed by atoms with van der Waals surface area (Å²) in [7, 11) is 1.90. The molecule has 0 atom stereocenters. The van der Waals surface area contributed by atoms with Crippen LogP contribution in [0.25, 0.3) is 0 Å². The van der Waals surface area contributed by atoms with Crippen molar-refractivity contribution in [1.82, 2.24) is 25.2 Å². The lowest BCUT2D eigenvalue weighted by atomic mass is 9.96. The Morgan fingerprint density at radius 2 is 1.71 bits per heavy atom. The molecule has 31 heavy (non-hydrogen) atoms. The molecule has 1 aromatic carbocycles. The molecule has 2 aliphatic heterocycles. The first kappa shape index (κ1) is 21.8. The van der Waals surface area contributed by atoms with Crippen LogP contribution in [0.5, 0.6) is 0 Å². The Balaban J connectivity index is 1.15. The van der Waals surface area contributed by atoms with Gasteiger partial charge in [0.25, 0.3) is 0 Å². The largest absolute Gasteiger partial charge is 0.364 e. The average molecular weight is 425 g/mol. The lowest BCUT2D eigenvalue weighted by Crippen LogP contribution is -2.53. The van der Waals surface area contributed by atoms with Crippen molar-refractivity contribution in [2.24, 2.45) is 10.9 Å². The van der Waals surface area contributed by atoms with E-state index in [4.69, 9.17) is 4.52 Å². The number of aryl methyl sites for hydroxylation is 1. The van der Waals surface area contributed by atoms with E-state index in [-0.39, 0.29) is 0 Å². The summed E-state index contributed by atoms with van der Waals surface area (Å²) in [5, 5.41) is 7.68. The lowest BCUT2D eigenvalue weighted by Gasteiger charge is -2.37. The SMILES string of the molecule is CN=C(NCC1CCN(Cc2ccc(C)cc2)CC1)N1CCN(Cc2ccon2)CC1. The molecule has 4 rings (SSSR count). The van der Waals surface area contributed by atoms with Crippen LogP contribution in [0.4, 0.5) is 0 Å². The first-order chi connectivity index (χ1) is 15.2. The number of hydrogen-bond donors (Lipinski definition) is 1. The van der Waals surface area contributed by atoms with Crippen molar-refractivity contribution in [2.45, 2.75) is 32.9 Å². The molecule has 3 heterocycles. The fourth-order valence-electron chi connectivity index (χ4n) is 4.53. The van der Waals surface area contributed by atoms with Gasteiger partial charge in [-0.25, -0.2) is 0 Å². The number of nitrogens with zero attached hydrogens (tertiary/aromatic N) is 5. The van der Waals surface area contributed by atoms with Crippen LogP contribution in [0.3, 0.4) is 0 Å². The van der Waals surface area contributed by atoms with Gasteiger partial charge >= 0.3 is 0 Å². The maximum Gasteiger partial charge on any atom is 0.193 e. The van der Waals surface area contributed by atoms with Gasteiger partial charge in [-0.3, -0.25) is 14.8 Å². The van der Waals surface area contributed by atoms with E-state index in [9.17, 15) is 0 Å². The topological polar surface area (TPSA) is 60.1 Å². The third kappa shape index (κ3) is 6.31. The predicted octanol–water partition coefficient (Wildman–Crippen LogP) is 2.59. The van der Waals surface area contributed by atoms with Gasteiger partial charge in [-0.15, -0.1) is 0 Å².